The van der Waals surface area contributed by atoms with Gasteiger partial charge in [0, 0.05) is 12.7 Å². The van der Waals surface area contributed by atoms with Gasteiger partial charge in [0.05, 0.1) is 13.0 Å². The molecule has 2 amide bonds. The Hall–Kier alpha value is -2.48. The van der Waals surface area contributed by atoms with Crippen molar-refractivity contribution in [1.29, 1.82) is 0 Å². The van der Waals surface area contributed by atoms with Gasteiger partial charge in [-0.05, 0) is 11.6 Å². The van der Waals surface area contributed by atoms with E-state index in [0.717, 1.165) is 0 Å². The SMILES string of the molecule is C#CCN(C)C(=O)Nc1ccccc1CC(=O)O. The molecule has 1 rings (SSSR count). The monoisotopic (exact) mass is 246 g/mol. The van der Waals surface area contributed by atoms with Crippen molar-refractivity contribution >= 4 is 17.7 Å². The molecule has 0 aliphatic carbocycles. The second-order valence-corrected chi connectivity index (χ2v) is 3.72. The van der Waals surface area contributed by atoms with Crippen LogP contribution >= 0.6 is 0 Å². The number of amides is 2. The molecule has 0 bridgehead atoms. The number of aliphatic carboxylic acids is 1. The molecule has 1 aromatic rings. The van der Waals surface area contributed by atoms with Crippen LogP contribution in [0.4, 0.5) is 10.5 Å². The molecule has 0 unspecified atom stereocenters. The van der Waals surface area contributed by atoms with E-state index >= 15 is 0 Å². The zero-order chi connectivity index (χ0) is 13.5. The van der Waals surface area contributed by atoms with Crippen molar-refractivity contribution in [1.82, 2.24) is 4.90 Å². The molecule has 0 radical (unpaired) electrons. The minimum absolute atomic E-state index is 0.144. The number of carboxylic acid groups (broad SMARTS) is 1. The first-order chi connectivity index (χ1) is 8.54. The number of anilines is 1. The predicted molar refractivity (Wildman–Crippen MR) is 68.3 cm³/mol. The summed E-state index contributed by atoms with van der Waals surface area (Å²) in [5.41, 5.74) is 1.03. The number of carboxylic acids is 1. The lowest BCUT2D eigenvalue weighted by atomic mass is 10.1. The first-order valence-corrected chi connectivity index (χ1v) is 5.30. The molecular weight excluding hydrogens is 232 g/mol. The van der Waals surface area contributed by atoms with E-state index in [9.17, 15) is 9.59 Å². The fourth-order valence-electron chi connectivity index (χ4n) is 1.38. The van der Waals surface area contributed by atoms with Gasteiger partial charge in [-0.1, -0.05) is 24.1 Å². The molecule has 0 atom stereocenters. The number of hydrogen-bond donors (Lipinski definition) is 2. The molecule has 0 aliphatic rings. The van der Waals surface area contributed by atoms with Crippen molar-refractivity contribution in [2.24, 2.45) is 0 Å². The Morgan fingerprint density at radius 2 is 2.11 bits per heavy atom. The third kappa shape index (κ3) is 3.83. The Balaban J connectivity index is 2.81. The van der Waals surface area contributed by atoms with Crippen molar-refractivity contribution in [2.45, 2.75) is 6.42 Å². The maximum atomic E-state index is 11.7. The average molecular weight is 246 g/mol. The minimum atomic E-state index is -0.950. The van der Waals surface area contributed by atoms with Gasteiger partial charge in [-0.3, -0.25) is 4.79 Å². The quantitative estimate of drug-likeness (QED) is 0.789. The van der Waals surface area contributed by atoms with Crippen molar-refractivity contribution in [3.63, 3.8) is 0 Å². The van der Waals surface area contributed by atoms with Gasteiger partial charge in [0.15, 0.2) is 0 Å². The summed E-state index contributed by atoms with van der Waals surface area (Å²) in [5.74, 6) is 1.40. The largest absolute Gasteiger partial charge is 0.481 e. The zero-order valence-corrected chi connectivity index (χ0v) is 10.0. The molecule has 0 saturated heterocycles. The smallest absolute Gasteiger partial charge is 0.322 e. The van der Waals surface area contributed by atoms with Gasteiger partial charge in [-0.15, -0.1) is 6.42 Å². The lowest BCUT2D eigenvalue weighted by molar-refractivity contribution is -0.136. The molecule has 2 N–H and O–H groups in total. The van der Waals surface area contributed by atoms with E-state index in [1.807, 2.05) is 0 Å². The molecule has 0 saturated carbocycles. The van der Waals surface area contributed by atoms with E-state index in [1.165, 1.54) is 4.90 Å². The minimum Gasteiger partial charge on any atom is -0.481 e. The summed E-state index contributed by atoms with van der Waals surface area (Å²) in [6.07, 6.45) is 4.96. The fraction of sp³-hybridized carbons (Fsp3) is 0.231. The van der Waals surface area contributed by atoms with Crippen molar-refractivity contribution in [2.75, 3.05) is 18.9 Å². The van der Waals surface area contributed by atoms with Crippen molar-refractivity contribution < 1.29 is 14.7 Å². The number of carbonyl (C=O) groups is 2. The van der Waals surface area contributed by atoms with E-state index in [-0.39, 0.29) is 19.0 Å². The summed E-state index contributed by atoms with van der Waals surface area (Å²) in [6, 6.07) is 6.39. The van der Waals surface area contributed by atoms with E-state index in [1.54, 1.807) is 31.3 Å². The Morgan fingerprint density at radius 1 is 1.44 bits per heavy atom. The van der Waals surface area contributed by atoms with Crippen LogP contribution < -0.4 is 5.32 Å². The van der Waals surface area contributed by atoms with Crippen LogP contribution in [-0.2, 0) is 11.2 Å². The molecule has 94 valence electrons. The number of nitrogens with one attached hydrogen (secondary N) is 1. The predicted octanol–water partition coefficient (Wildman–Crippen LogP) is 1.41. The molecule has 18 heavy (non-hydrogen) atoms. The number of rotatable bonds is 4. The number of nitrogens with zero attached hydrogens (tertiary/aromatic N) is 1. The summed E-state index contributed by atoms with van der Waals surface area (Å²) in [7, 11) is 1.56. The van der Waals surface area contributed by atoms with Crippen molar-refractivity contribution in [3.05, 3.63) is 29.8 Å². The summed E-state index contributed by atoms with van der Waals surface area (Å²) in [4.78, 5) is 23.7. The number of carbonyl (C=O) groups excluding carboxylic acids is 1. The molecule has 5 heteroatoms. The summed E-state index contributed by atoms with van der Waals surface area (Å²) >= 11 is 0. The van der Waals surface area contributed by atoms with E-state index < -0.39 is 5.97 Å². The third-order valence-electron chi connectivity index (χ3n) is 2.28. The van der Waals surface area contributed by atoms with Gasteiger partial charge in [-0.2, -0.15) is 0 Å². The third-order valence-corrected chi connectivity index (χ3v) is 2.28. The van der Waals surface area contributed by atoms with Crippen LogP contribution in [0, 0.1) is 12.3 Å². The highest BCUT2D eigenvalue weighted by Crippen LogP contribution is 2.16. The maximum Gasteiger partial charge on any atom is 0.322 e. The fourth-order valence-corrected chi connectivity index (χ4v) is 1.38. The van der Waals surface area contributed by atoms with Crippen LogP contribution in [0.15, 0.2) is 24.3 Å². The van der Waals surface area contributed by atoms with Gasteiger partial charge < -0.3 is 15.3 Å². The highest BCUT2D eigenvalue weighted by molar-refractivity contribution is 5.91. The van der Waals surface area contributed by atoms with Gasteiger partial charge in [-0.25, -0.2) is 4.79 Å². The van der Waals surface area contributed by atoms with Crippen LogP contribution in [-0.4, -0.2) is 35.6 Å². The molecule has 0 heterocycles. The lowest BCUT2D eigenvalue weighted by Gasteiger charge is -2.16. The maximum absolute atomic E-state index is 11.7. The molecule has 5 nitrogen and oxygen atoms in total. The standard InChI is InChI=1S/C13H14N2O3/c1-3-8-15(2)13(18)14-11-7-5-4-6-10(11)9-12(16)17/h1,4-7H,8-9H2,2H3,(H,14,18)(H,16,17). The lowest BCUT2D eigenvalue weighted by Crippen LogP contribution is -2.31. The van der Waals surface area contributed by atoms with Crippen LogP contribution in [0.2, 0.25) is 0 Å². The molecule has 0 spiro atoms. The Morgan fingerprint density at radius 3 is 2.72 bits per heavy atom. The Bertz CT molecular complexity index is 491. The molecular formula is C13H14N2O3. The average Bonchev–Trinajstić information content (AvgIpc) is 2.31. The molecule has 0 aliphatic heterocycles. The number of terminal acetylenes is 1. The van der Waals surface area contributed by atoms with Crippen LogP contribution in [0.5, 0.6) is 0 Å². The summed E-state index contributed by atoms with van der Waals surface area (Å²) < 4.78 is 0. The zero-order valence-electron chi connectivity index (χ0n) is 10.0. The van der Waals surface area contributed by atoms with Gasteiger partial charge >= 0.3 is 12.0 Å². The van der Waals surface area contributed by atoms with E-state index in [4.69, 9.17) is 11.5 Å². The number of urea groups is 1. The first-order valence-electron chi connectivity index (χ1n) is 5.30. The number of hydrogen-bond acceptors (Lipinski definition) is 2. The van der Waals surface area contributed by atoms with E-state index in [0.29, 0.717) is 11.3 Å². The van der Waals surface area contributed by atoms with Crippen molar-refractivity contribution in [3.8, 4) is 12.3 Å². The normalized spacial score (nSPS) is 9.33. The highest BCUT2D eigenvalue weighted by Gasteiger charge is 2.11. The number of para-hydroxylation sites is 1. The Labute approximate surface area is 105 Å². The van der Waals surface area contributed by atoms with Gasteiger partial charge in [0.2, 0.25) is 0 Å². The topological polar surface area (TPSA) is 69.6 Å². The summed E-state index contributed by atoms with van der Waals surface area (Å²) in [5, 5.41) is 11.4. The van der Waals surface area contributed by atoms with Crippen LogP contribution in [0.25, 0.3) is 0 Å². The second-order valence-electron chi connectivity index (χ2n) is 3.72. The molecule has 1 aromatic carbocycles. The van der Waals surface area contributed by atoms with E-state index in [2.05, 4.69) is 11.2 Å². The second kappa shape index (κ2) is 6.30. The first kappa shape index (κ1) is 13.6. The highest BCUT2D eigenvalue weighted by atomic mass is 16.4. The molecule has 0 aromatic heterocycles. The van der Waals surface area contributed by atoms with Gasteiger partial charge in [0.1, 0.15) is 0 Å². The van der Waals surface area contributed by atoms with Gasteiger partial charge in [0.25, 0.3) is 0 Å². The number of benzene rings is 1. The van der Waals surface area contributed by atoms with Crippen LogP contribution in [0.3, 0.4) is 0 Å². The Kier molecular flexibility index (Phi) is 4.76. The molecule has 0 fully saturated rings. The summed E-state index contributed by atoms with van der Waals surface area (Å²) in [6.45, 7) is 0.187. The van der Waals surface area contributed by atoms with Crippen LogP contribution in [0.1, 0.15) is 5.56 Å².